The minimum absolute atomic E-state index is 0.0256. The third-order valence-electron chi connectivity index (χ3n) is 4.05. The average Bonchev–Trinajstić information content (AvgIpc) is 2.66. The lowest BCUT2D eigenvalue weighted by Crippen LogP contribution is -2.48. The van der Waals surface area contributed by atoms with Gasteiger partial charge in [-0.3, -0.25) is 14.4 Å². The van der Waals surface area contributed by atoms with Gasteiger partial charge in [0.15, 0.2) is 0 Å². The van der Waals surface area contributed by atoms with E-state index in [1.807, 2.05) is 0 Å². The number of rotatable bonds is 10. The maximum Gasteiger partial charge on any atom is 0.307 e. The van der Waals surface area contributed by atoms with E-state index in [0.717, 1.165) is 0 Å². The number of ether oxygens (including phenoxy) is 2. The zero-order valence-corrected chi connectivity index (χ0v) is 16.1. The third kappa shape index (κ3) is 7.08. The second-order valence-corrected chi connectivity index (χ2v) is 6.02. The second kappa shape index (κ2) is 10.9. The Balaban J connectivity index is 2.85. The smallest absolute Gasteiger partial charge is 0.307 e. The Morgan fingerprint density at radius 3 is 2.22 bits per heavy atom. The van der Waals surface area contributed by atoms with Crippen molar-refractivity contribution in [3.05, 3.63) is 29.8 Å². The quantitative estimate of drug-likeness (QED) is 0.614. The van der Waals surface area contributed by atoms with E-state index in [0.29, 0.717) is 11.3 Å². The molecule has 0 spiro atoms. The van der Waals surface area contributed by atoms with Crippen LogP contribution in [0.1, 0.15) is 36.5 Å². The van der Waals surface area contributed by atoms with E-state index < -0.39 is 17.9 Å². The standard InChI is InChI=1S/C19H26N2O6/c1-13(22)5-10-16(18(24)20-12-11-17(23)27-4)21(2)19(25)14-6-8-15(26-3)9-7-14/h6-9,16H,5,10-12H2,1-4H3,(H,20,24). The monoisotopic (exact) mass is 378 g/mol. The van der Waals surface area contributed by atoms with Crippen LogP contribution in [0.25, 0.3) is 0 Å². The Morgan fingerprint density at radius 2 is 1.70 bits per heavy atom. The molecule has 1 aromatic carbocycles. The zero-order chi connectivity index (χ0) is 20.4. The molecule has 0 saturated carbocycles. The van der Waals surface area contributed by atoms with Crippen LogP contribution in [0.5, 0.6) is 5.75 Å². The number of nitrogens with zero attached hydrogens (tertiary/aromatic N) is 1. The van der Waals surface area contributed by atoms with Crippen LogP contribution in [0.15, 0.2) is 24.3 Å². The molecule has 0 saturated heterocycles. The van der Waals surface area contributed by atoms with Crippen LogP contribution >= 0.6 is 0 Å². The van der Waals surface area contributed by atoms with E-state index in [4.69, 9.17) is 4.74 Å². The summed E-state index contributed by atoms with van der Waals surface area (Å²) >= 11 is 0. The number of Topliss-reactive ketones (excluding diaryl/α,β-unsaturated/α-hetero) is 1. The third-order valence-corrected chi connectivity index (χ3v) is 4.05. The van der Waals surface area contributed by atoms with E-state index in [1.165, 1.54) is 33.1 Å². The molecule has 148 valence electrons. The van der Waals surface area contributed by atoms with Gasteiger partial charge in [-0.15, -0.1) is 0 Å². The van der Waals surface area contributed by atoms with Crippen LogP contribution in [0.3, 0.4) is 0 Å². The maximum absolute atomic E-state index is 12.7. The van der Waals surface area contributed by atoms with E-state index in [1.54, 1.807) is 24.3 Å². The van der Waals surface area contributed by atoms with Crippen molar-refractivity contribution in [1.82, 2.24) is 10.2 Å². The predicted molar refractivity (Wildman–Crippen MR) is 98.4 cm³/mol. The molecule has 0 aromatic heterocycles. The number of esters is 1. The molecule has 0 heterocycles. The summed E-state index contributed by atoms with van der Waals surface area (Å²) in [7, 11) is 4.30. The van der Waals surface area contributed by atoms with Crippen molar-refractivity contribution in [1.29, 1.82) is 0 Å². The van der Waals surface area contributed by atoms with E-state index in [-0.39, 0.29) is 37.5 Å². The first kappa shape index (κ1) is 22.1. The minimum atomic E-state index is -0.832. The lowest BCUT2D eigenvalue weighted by Gasteiger charge is -2.27. The summed E-state index contributed by atoms with van der Waals surface area (Å²) in [5.41, 5.74) is 0.397. The van der Waals surface area contributed by atoms with Crippen LogP contribution < -0.4 is 10.1 Å². The van der Waals surface area contributed by atoms with Gasteiger partial charge >= 0.3 is 5.97 Å². The molecule has 0 fully saturated rings. The molecule has 8 heteroatoms. The lowest BCUT2D eigenvalue weighted by molar-refractivity contribution is -0.140. The molecule has 0 aliphatic carbocycles. The molecule has 1 atom stereocenters. The Morgan fingerprint density at radius 1 is 1.07 bits per heavy atom. The van der Waals surface area contributed by atoms with Crippen molar-refractivity contribution in [3.63, 3.8) is 0 Å². The number of ketones is 1. The largest absolute Gasteiger partial charge is 0.497 e. The van der Waals surface area contributed by atoms with Crippen LogP contribution in [0.4, 0.5) is 0 Å². The van der Waals surface area contributed by atoms with Gasteiger partial charge in [0.1, 0.15) is 17.6 Å². The molecule has 0 bridgehead atoms. The highest BCUT2D eigenvalue weighted by molar-refractivity contribution is 5.97. The summed E-state index contributed by atoms with van der Waals surface area (Å²) in [6.07, 6.45) is 0.380. The van der Waals surface area contributed by atoms with Crippen LogP contribution in [-0.4, -0.2) is 62.3 Å². The highest BCUT2D eigenvalue weighted by atomic mass is 16.5. The first-order valence-corrected chi connectivity index (χ1v) is 8.55. The number of hydrogen-bond acceptors (Lipinski definition) is 6. The van der Waals surface area contributed by atoms with Gasteiger partial charge in [0.2, 0.25) is 5.91 Å². The zero-order valence-electron chi connectivity index (χ0n) is 16.1. The van der Waals surface area contributed by atoms with E-state index >= 15 is 0 Å². The molecule has 1 rings (SSSR count). The highest BCUT2D eigenvalue weighted by Gasteiger charge is 2.27. The summed E-state index contributed by atoms with van der Waals surface area (Å²) in [6, 6.07) is 5.69. The Labute approximate surface area is 158 Å². The Hall–Kier alpha value is -2.90. The van der Waals surface area contributed by atoms with Gasteiger partial charge < -0.3 is 24.5 Å². The molecule has 0 radical (unpaired) electrons. The molecular formula is C19H26N2O6. The van der Waals surface area contributed by atoms with Gasteiger partial charge in [-0.2, -0.15) is 0 Å². The van der Waals surface area contributed by atoms with Gasteiger partial charge in [-0.1, -0.05) is 0 Å². The normalized spacial score (nSPS) is 11.3. The van der Waals surface area contributed by atoms with E-state index in [9.17, 15) is 19.2 Å². The van der Waals surface area contributed by atoms with Crippen molar-refractivity contribution in [2.24, 2.45) is 0 Å². The summed E-state index contributed by atoms with van der Waals surface area (Å²) in [4.78, 5) is 49.0. The fourth-order valence-electron chi connectivity index (χ4n) is 2.43. The summed E-state index contributed by atoms with van der Waals surface area (Å²) in [6.45, 7) is 1.52. The van der Waals surface area contributed by atoms with Gasteiger partial charge in [-0.05, 0) is 37.6 Å². The molecule has 0 aliphatic heterocycles. The molecule has 1 N–H and O–H groups in total. The second-order valence-electron chi connectivity index (χ2n) is 6.02. The van der Waals surface area contributed by atoms with Crippen molar-refractivity contribution >= 4 is 23.6 Å². The molecule has 1 unspecified atom stereocenters. The number of nitrogens with one attached hydrogen (secondary N) is 1. The maximum atomic E-state index is 12.7. The van der Waals surface area contributed by atoms with Crippen LogP contribution in [0, 0.1) is 0 Å². The van der Waals surface area contributed by atoms with Crippen molar-refractivity contribution < 1.29 is 28.7 Å². The van der Waals surface area contributed by atoms with Gasteiger partial charge in [-0.25, -0.2) is 0 Å². The molecule has 8 nitrogen and oxygen atoms in total. The lowest BCUT2D eigenvalue weighted by atomic mass is 10.1. The number of carbonyl (C=O) groups is 4. The predicted octanol–water partition coefficient (Wildman–Crippen LogP) is 1.18. The number of benzene rings is 1. The summed E-state index contributed by atoms with van der Waals surface area (Å²) in [5, 5.41) is 2.61. The van der Waals surface area contributed by atoms with Crippen LogP contribution in [-0.2, 0) is 19.1 Å². The minimum Gasteiger partial charge on any atom is -0.497 e. The number of methoxy groups -OCH3 is 2. The van der Waals surface area contributed by atoms with Crippen molar-refractivity contribution in [2.75, 3.05) is 27.8 Å². The van der Waals surface area contributed by atoms with Gasteiger partial charge in [0.05, 0.1) is 20.6 Å². The molecule has 2 amide bonds. The van der Waals surface area contributed by atoms with Crippen molar-refractivity contribution in [2.45, 2.75) is 32.2 Å². The SMILES string of the molecule is COC(=O)CCNC(=O)C(CCC(C)=O)N(C)C(=O)c1ccc(OC)cc1. The number of carbonyl (C=O) groups excluding carboxylic acids is 4. The number of hydrogen-bond donors (Lipinski definition) is 1. The van der Waals surface area contributed by atoms with Gasteiger partial charge in [0.25, 0.3) is 5.91 Å². The average molecular weight is 378 g/mol. The Kier molecular flexibility index (Phi) is 8.98. The van der Waals surface area contributed by atoms with Crippen LogP contribution in [0.2, 0.25) is 0 Å². The first-order valence-electron chi connectivity index (χ1n) is 8.55. The Bertz CT molecular complexity index is 671. The van der Waals surface area contributed by atoms with Crippen molar-refractivity contribution in [3.8, 4) is 5.75 Å². The first-order chi connectivity index (χ1) is 12.8. The fourth-order valence-corrected chi connectivity index (χ4v) is 2.43. The molecular weight excluding hydrogens is 352 g/mol. The fraction of sp³-hybridized carbons (Fsp3) is 0.474. The molecule has 0 aliphatic rings. The number of likely N-dealkylation sites (N-methyl/N-ethyl adjacent to an activating group) is 1. The summed E-state index contributed by atoms with van der Waals surface area (Å²) < 4.78 is 9.59. The highest BCUT2D eigenvalue weighted by Crippen LogP contribution is 2.15. The van der Waals surface area contributed by atoms with E-state index in [2.05, 4.69) is 10.1 Å². The molecule has 1 aromatic rings. The molecule has 27 heavy (non-hydrogen) atoms. The summed E-state index contributed by atoms with van der Waals surface area (Å²) in [5.74, 6) is -0.687. The number of amides is 2. The topological polar surface area (TPSA) is 102 Å². The van der Waals surface area contributed by atoms with Gasteiger partial charge in [0, 0.05) is 25.6 Å².